The lowest BCUT2D eigenvalue weighted by molar-refractivity contribution is 0.584. The van der Waals surface area contributed by atoms with Crippen molar-refractivity contribution in [1.29, 1.82) is 0 Å². The number of imidazole rings is 1. The van der Waals surface area contributed by atoms with E-state index in [9.17, 15) is 8.78 Å². The molecule has 0 unspecified atom stereocenters. The number of halogens is 2. The van der Waals surface area contributed by atoms with E-state index in [4.69, 9.17) is 5.73 Å². The number of rotatable bonds is 2. The maximum absolute atomic E-state index is 13.2. The van der Waals surface area contributed by atoms with Crippen LogP contribution in [0.4, 0.5) is 8.78 Å². The summed E-state index contributed by atoms with van der Waals surface area (Å²) < 4.78 is 26.4. The Balaban J connectivity index is 2.14. The molecule has 0 atom stereocenters. The molecule has 0 aliphatic heterocycles. The van der Waals surface area contributed by atoms with Crippen molar-refractivity contribution in [2.75, 3.05) is 0 Å². The van der Waals surface area contributed by atoms with Gasteiger partial charge in [0, 0.05) is 18.2 Å². The summed E-state index contributed by atoms with van der Waals surface area (Å²) in [5, 5.41) is 0. The van der Waals surface area contributed by atoms with Gasteiger partial charge in [0.15, 0.2) is 0 Å². The van der Waals surface area contributed by atoms with Crippen molar-refractivity contribution in [3.63, 3.8) is 0 Å². The zero-order valence-corrected chi connectivity index (χ0v) is 9.95. The number of aromatic nitrogens is 2. The predicted molar refractivity (Wildman–Crippen MR) is 69.3 cm³/mol. The van der Waals surface area contributed by atoms with E-state index in [0.29, 0.717) is 17.9 Å². The van der Waals surface area contributed by atoms with Gasteiger partial charge in [-0.25, -0.2) is 13.8 Å². The fraction of sp³-hybridized carbons (Fsp3) is 0.0714. The van der Waals surface area contributed by atoms with Crippen LogP contribution in [0.2, 0.25) is 0 Å². The van der Waals surface area contributed by atoms with Crippen LogP contribution in [-0.4, -0.2) is 9.97 Å². The molecule has 0 saturated heterocycles. The molecule has 0 aliphatic carbocycles. The van der Waals surface area contributed by atoms with E-state index in [1.54, 1.807) is 0 Å². The number of nitrogens with two attached hydrogens (primary N) is 1. The smallest absolute Gasteiger partial charge is 0.138 e. The van der Waals surface area contributed by atoms with Gasteiger partial charge < -0.3 is 10.7 Å². The normalized spacial score (nSPS) is 11.1. The number of nitrogens with one attached hydrogen (secondary N) is 1. The quantitative estimate of drug-likeness (QED) is 0.743. The molecule has 0 radical (unpaired) electrons. The molecular formula is C14H11F2N3. The maximum Gasteiger partial charge on any atom is 0.138 e. The van der Waals surface area contributed by atoms with Crippen LogP contribution < -0.4 is 5.73 Å². The number of H-pyrrole nitrogens is 1. The predicted octanol–water partition coefficient (Wildman–Crippen LogP) is 2.97. The number of hydrogen-bond acceptors (Lipinski definition) is 2. The third kappa shape index (κ3) is 2.20. The Labute approximate surface area is 108 Å². The summed E-state index contributed by atoms with van der Waals surface area (Å²) in [7, 11) is 0. The van der Waals surface area contributed by atoms with Crippen molar-refractivity contribution < 1.29 is 8.78 Å². The second-order valence-electron chi connectivity index (χ2n) is 4.30. The number of nitrogens with zero attached hydrogens (tertiary/aromatic N) is 1. The van der Waals surface area contributed by atoms with Crippen LogP contribution in [0.5, 0.6) is 0 Å². The van der Waals surface area contributed by atoms with E-state index in [0.717, 1.165) is 22.7 Å². The van der Waals surface area contributed by atoms with Gasteiger partial charge in [-0.15, -0.1) is 0 Å². The monoisotopic (exact) mass is 259 g/mol. The third-order valence-electron chi connectivity index (χ3n) is 2.92. The second kappa shape index (κ2) is 4.44. The molecule has 0 amide bonds. The van der Waals surface area contributed by atoms with Gasteiger partial charge in [0.25, 0.3) is 0 Å². The lowest BCUT2D eigenvalue weighted by Gasteiger charge is -1.97. The topological polar surface area (TPSA) is 54.7 Å². The van der Waals surface area contributed by atoms with Crippen molar-refractivity contribution in [3.8, 4) is 11.4 Å². The van der Waals surface area contributed by atoms with Gasteiger partial charge in [0.2, 0.25) is 0 Å². The number of aromatic amines is 1. The summed E-state index contributed by atoms with van der Waals surface area (Å²) in [6, 6.07) is 8.89. The maximum atomic E-state index is 13.2. The molecule has 3 aromatic rings. The van der Waals surface area contributed by atoms with Gasteiger partial charge in [-0.1, -0.05) is 6.07 Å². The largest absolute Gasteiger partial charge is 0.338 e. The lowest BCUT2D eigenvalue weighted by atomic mass is 10.2. The van der Waals surface area contributed by atoms with Crippen LogP contribution in [0, 0.1) is 11.6 Å². The Hall–Kier alpha value is -2.27. The summed E-state index contributed by atoms with van der Waals surface area (Å²) in [6.45, 7) is 0.429. The lowest BCUT2D eigenvalue weighted by Crippen LogP contribution is -1.95. The molecule has 3 nitrogen and oxygen atoms in total. The summed E-state index contributed by atoms with van der Waals surface area (Å²) in [5.74, 6) is -0.821. The Bertz CT molecular complexity index is 729. The van der Waals surface area contributed by atoms with Gasteiger partial charge in [-0.3, -0.25) is 0 Å². The van der Waals surface area contributed by atoms with Crippen LogP contribution in [0.1, 0.15) is 5.56 Å². The highest BCUT2D eigenvalue weighted by Gasteiger charge is 2.08. The van der Waals surface area contributed by atoms with Crippen molar-refractivity contribution >= 4 is 11.0 Å². The standard InChI is InChI=1S/C14H11F2N3/c15-10-4-9(5-11(16)6-10)14-18-12-2-1-8(7-17)3-13(12)19-14/h1-6H,7,17H2,(H,18,19). The molecule has 3 rings (SSSR count). The molecule has 5 heteroatoms. The number of benzene rings is 2. The minimum Gasteiger partial charge on any atom is -0.338 e. The molecule has 96 valence electrons. The first-order chi connectivity index (χ1) is 9.15. The molecule has 2 aromatic carbocycles. The molecule has 0 spiro atoms. The van der Waals surface area contributed by atoms with Crippen molar-refractivity contribution in [3.05, 3.63) is 53.6 Å². The van der Waals surface area contributed by atoms with Crippen LogP contribution >= 0.6 is 0 Å². The number of fused-ring (bicyclic) bond motifs is 1. The second-order valence-corrected chi connectivity index (χ2v) is 4.30. The minimum atomic E-state index is -0.627. The fourth-order valence-electron chi connectivity index (χ4n) is 2.01. The Morgan fingerprint density at radius 2 is 1.79 bits per heavy atom. The Morgan fingerprint density at radius 3 is 2.47 bits per heavy atom. The molecule has 1 aromatic heterocycles. The summed E-state index contributed by atoms with van der Waals surface area (Å²) in [5.41, 5.74) is 8.44. The molecule has 3 N–H and O–H groups in total. The number of hydrogen-bond donors (Lipinski definition) is 2. The average molecular weight is 259 g/mol. The summed E-state index contributed by atoms with van der Waals surface area (Å²) in [6.07, 6.45) is 0. The first-order valence-corrected chi connectivity index (χ1v) is 5.81. The highest BCUT2D eigenvalue weighted by molar-refractivity contribution is 5.80. The zero-order valence-electron chi connectivity index (χ0n) is 9.95. The highest BCUT2D eigenvalue weighted by Crippen LogP contribution is 2.22. The van der Waals surface area contributed by atoms with Crippen molar-refractivity contribution in [2.24, 2.45) is 5.73 Å². The first-order valence-electron chi connectivity index (χ1n) is 5.81. The molecule has 0 fully saturated rings. The van der Waals surface area contributed by atoms with Gasteiger partial charge in [0.05, 0.1) is 11.0 Å². The molecule has 19 heavy (non-hydrogen) atoms. The Morgan fingerprint density at radius 1 is 1.05 bits per heavy atom. The van der Waals surface area contributed by atoms with E-state index in [-0.39, 0.29) is 0 Å². The van der Waals surface area contributed by atoms with E-state index in [2.05, 4.69) is 9.97 Å². The van der Waals surface area contributed by atoms with E-state index < -0.39 is 11.6 Å². The average Bonchev–Trinajstić information content (AvgIpc) is 2.80. The third-order valence-corrected chi connectivity index (χ3v) is 2.92. The minimum absolute atomic E-state index is 0.378. The molecule has 0 saturated carbocycles. The van der Waals surface area contributed by atoms with Crippen LogP contribution in [-0.2, 0) is 6.54 Å². The molecular weight excluding hydrogens is 248 g/mol. The van der Waals surface area contributed by atoms with Crippen LogP contribution in [0.3, 0.4) is 0 Å². The molecule has 0 bridgehead atoms. The first kappa shape index (κ1) is 11.8. The van der Waals surface area contributed by atoms with Gasteiger partial charge >= 0.3 is 0 Å². The van der Waals surface area contributed by atoms with Crippen molar-refractivity contribution in [2.45, 2.75) is 6.54 Å². The SMILES string of the molecule is NCc1ccc2nc(-c3cc(F)cc(F)c3)[nH]c2c1. The van der Waals surface area contributed by atoms with Crippen molar-refractivity contribution in [1.82, 2.24) is 9.97 Å². The van der Waals surface area contributed by atoms with E-state index in [1.807, 2.05) is 18.2 Å². The van der Waals surface area contributed by atoms with Gasteiger partial charge in [-0.2, -0.15) is 0 Å². The Kier molecular flexibility index (Phi) is 2.76. The van der Waals surface area contributed by atoms with Gasteiger partial charge in [-0.05, 0) is 29.8 Å². The molecule has 0 aliphatic rings. The van der Waals surface area contributed by atoms with Gasteiger partial charge in [0.1, 0.15) is 17.5 Å². The van der Waals surface area contributed by atoms with Crippen LogP contribution in [0.15, 0.2) is 36.4 Å². The van der Waals surface area contributed by atoms with E-state index >= 15 is 0 Å². The van der Waals surface area contributed by atoms with E-state index in [1.165, 1.54) is 12.1 Å². The fourth-order valence-corrected chi connectivity index (χ4v) is 2.01. The zero-order chi connectivity index (χ0) is 13.4. The van der Waals surface area contributed by atoms with Crippen LogP contribution in [0.25, 0.3) is 22.4 Å². The summed E-state index contributed by atoms with van der Waals surface area (Å²) >= 11 is 0. The summed E-state index contributed by atoms with van der Waals surface area (Å²) in [4.78, 5) is 7.35. The highest BCUT2D eigenvalue weighted by atomic mass is 19.1. The molecule has 1 heterocycles.